The summed E-state index contributed by atoms with van der Waals surface area (Å²) in [4.78, 5) is 0. The van der Waals surface area contributed by atoms with Gasteiger partial charge in [0.25, 0.3) is 0 Å². The van der Waals surface area contributed by atoms with Crippen molar-refractivity contribution in [3.8, 4) is 0 Å². The molecule has 0 radical (unpaired) electrons. The first-order chi connectivity index (χ1) is 4.33. The van der Waals surface area contributed by atoms with E-state index < -0.39 is 0 Å². The van der Waals surface area contributed by atoms with Crippen molar-refractivity contribution in [2.24, 2.45) is 0 Å². The van der Waals surface area contributed by atoms with Crippen LogP contribution in [0.4, 0.5) is 0 Å². The molecule has 0 aliphatic heterocycles. The molecule has 58 valence electrons. The van der Waals surface area contributed by atoms with E-state index >= 15 is 0 Å². The van der Waals surface area contributed by atoms with Gasteiger partial charge in [0.05, 0.1) is 0 Å². The van der Waals surface area contributed by atoms with Gasteiger partial charge in [-0.2, -0.15) is 0 Å². The molecule has 0 fully saturated rings. The number of unbranched alkanes of at least 4 members (excludes halogenated alkanes) is 2. The molecule has 0 N–H and O–H groups in total. The first kappa shape index (κ1) is 12.0. The minimum Gasteiger partial charge on any atom is -0.127 e. The Kier molecular flexibility index (Phi) is 21.0. The van der Waals surface area contributed by atoms with Gasteiger partial charge < -0.3 is 0 Å². The standard InChI is InChI=1S/C5H11Cl.C3H8/c1-2-3-4-5-6;1-3-2/h2-5H2,1H3;3H2,1-2H3. The summed E-state index contributed by atoms with van der Waals surface area (Å²) in [5.41, 5.74) is 0. The number of hydrogen-bond donors (Lipinski definition) is 0. The molecule has 0 aromatic rings. The van der Waals surface area contributed by atoms with E-state index in [-0.39, 0.29) is 0 Å². The zero-order valence-electron chi connectivity index (χ0n) is 6.91. The molecule has 0 saturated heterocycles. The van der Waals surface area contributed by atoms with E-state index in [2.05, 4.69) is 20.8 Å². The molecule has 0 aliphatic rings. The average Bonchev–Trinajstić information content (AvgIpc) is 1.86. The number of halogens is 1. The summed E-state index contributed by atoms with van der Waals surface area (Å²) in [7, 11) is 0. The van der Waals surface area contributed by atoms with E-state index in [0.29, 0.717) is 0 Å². The number of hydrogen-bond acceptors (Lipinski definition) is 0. The van der Waals surface area contributed by atoms with Crippen LogP contribution in [0.5, 0.6) is 0 Å². The van der Waals surface area contributed by atoms with Crippen LogP contribution in [0.2, 0.25) is 0 Å². The van der Waals surface area contributed by atoms with Gasteiger partial charge >= 0.3 is 0 Å². The lowest BCUT2D eigenvalue weighted by Gasteiger charge is -1.84. The largest absolute Gasteiger partial charge is 0.127 e. The van der Waals surface area contributed by atoms with Crippen LogP contribution < -0.4 is 0 Å². The van der Waals surface area contributed by atoms with Gasteiger partial charge in [0.15, 0.2) is 0 Å². The molecule has 0 spiro atoms. The summed E-state index contributed by atoms with van der Waals surface area (Å²) in [6, 6.07) is 0. The molecule has 0 nitrogen and oxygen atoms in total. The first-order valence-corrected chi connectivity index (χ1v) is 4.42. The summed E-state index contributed by atoms with van der Waals surface area (Å²) in [6.07, 6.45) is 4.98. The van der Waals surface area contributed by atoms with E-state index in [0.717, 1.165) is 5.88 Å². The molecule has 0 aliphatic carbocycles. The van der Waals surface area contributed by atoms with E-state index in [1.165, 1.54) is 25.7 Å². The van der Waals surface area contributed by atoms with E-state index in [1.807, 2.05) is 0 Å². The second kappa shape index (κ2) is 15.7. The van der Waals surface area contributed by atoms with Gasteiger partial charge in [0.1, 0.15) is 0 Å². The Morgan fingerprint density at radius 1 is 1.00 bits per heavy atom. The molecule has 0 amide bonds. The Labute approximate surface area is 64.6 Å². The Morgan fingerprint density at radius 3 is 1.56 bits per heavy atom. The molecule has 1 heteroatoms. The third kappa shape index (κ3) is 30.3. The highest BCUT2D eigenvalue weighted by Gasteiger charge is 1.76. The normalized spacial score (nSPS) is 8.00. The van der Waals surface area contributed by atoms with Crippen LogP contribution in [0, 0.1) is 0 Å². The quantitative estimate of drug-likeness (QED) is 0.424. The van der Waals surface area contributed by atoms with Gasteiger partial charge in [-0.15, -0.1) is 11.6 Å². The van der Waals surface area contributed by atoms with E-state index in [4.69, 9.17) is 11.6 Å². The lowest BCUT2D eigenvalue weighted by Crippen LogP contribution is -1.70. The van der Waals surface area contributed by atoms with Crippen molar-refractivity contribution in [3.63, 3.8) is 0 Å². The number of alkyl halides is 1. The maximum absolute atomic E-state index is 5.38. The van der Waals surface area contributed by atoms with Gasteiger partial charge in [-0.05, 0) is 6.42 Å². The summed E-state index contributed by atoms with van der Waals surface area (Å²) in [5, 5.41) is 0. The Bertz CT molecular complexity index is 23.7. The summed E-state index contributed by atoms with van der Waals surface area (Å²) < 4.78 is 0. The van der Waals surface area contributed by atoms with Crippen molar-refractivity contribution in [1.82, 2.24) is 0 Å². The van der Waals surface area contributed by atoms with Crippen LogP contribution in [0.3, 0.4) is 0 Å². The van der Waals surface area contributed by atoms with E-state index in [9.17, 15) is 0 Å². The molecule has 0 atom stereocenters. The molecular formula is C8H19Cl. The highest BCUT2D eigenvalue weighted by atomic mass is 35.5. The maximum atomic E-state index is 5.38. The fourth-order valence-corrected chi connectivity index (χ4v) is 0.533. The second-order valence-corrected chi connectivity index (χ2v) is 2.48. The molecule has 0 aromatic carbocycles. The maximum Gasteiger partial charge on any atom is 0.0223 e. The second-order valence-electron chi connectivity index (χ2n) is 2.10. The van der Waals surface area contributed by atoms with Crippen molar-refractivity contribution in [3.05, 3.63) is 0 Å². The molecule has 0 aromatic heterocycles. The van der Waals surface area contributed by atoms with Crippen molar-refractivity contribution in [2.75, 3.05) is 5.88 Å². The smallest absolute Gasteiger partial charge is 0.0223 e. The van der Waals surface area contributed by atoms with Gasteiger partial charge in [-0.25, -0.2) is 0 Å². The first-order valence-electron chi connectivity index (χ1n) is 3.89. The van der Waals surface area contributed by atoms with Gasteiger partial charge in [-0.3, -0.25) is 0 Å². The van der Waals surface area contributed by atoms with E-state index in [1.54, 1.807) is 0 Å². The SMILES string of the molecule is CCC.CCCCCCl. The molecule has 0 rings (SSSR count). The molecule has 9 heavy (non-hydrogen) atoms. The summed E-state index contributed by atoms with van der Waals surface area (Å²) >= 11 is 5.38. The molecule has 0 saturated carbocycles. The predicted octanol–water partition coefficient (Wildman–Crippen LogP) is 3.83. The monoisotopic (exact) mass is 150 g/mol. The molecular weight excluding hydrogens is 132 g/mol. The van der Waals surface area contributed by atoms with Crippen molar-refractivity contribution in [1.29, 1.82) is 0 Å². The zero-order chi connectivity index (χ0) is 7.54. The lowest BCUT2D eigenvalue weighted by molar-refractivity contribution is 0.776. The lowest BCUT2D eigenvalue weighted by atomic mass is 10.3. The Hall–Kier alpha value is 0.290. The van der Waals surface area contributed by atoms with Crippen LogP contribution >= 0.6 is 11.6 Å². The highest BCUT2D eigenvalue weighted by Crippen LogP contribution is 1.93. The number of rotatable bonds is 3. The van der Waals surface area contributed by atoms with Gasteiger partial charge in [0.2, 0.25) is 0 Å². The van der Waals surface area contributed by atoms with Crippen molar-refractivity contribution in [2.45, 2.75) is 46.5 Å². The van der Waals surface area contributed by atoms with Gasteiger partial charge in [0, 0.05) is 5.88 Å². The zero-order valence-corrected chi connectivity index (χ0v) is 7.67. The third-order valence-electron chi connectivity index (χ3n) is 0.737. The topological polar surface area (TPSA) is 0 Å². The summed E-state index contributed by atoms with van der Waals surface area (Å²) in [6.45, 7) is 6.42. The van der Waals surface area contributed by atoms with Crippen LogP contribution in [-0.4, -0.2) is 5.88 Å². The Balaban J connectivity index is 0. The van der Waals surface area contributed by atoms with Crippen molar-refractivity contribution < 1.29 is 0 Å². The fourth-order valence-electron chi connectivity index (χ4n) is 0.344. The van der Waals surface area contributed by atoms with Crippen LogP contribution in [0.15, 0.2) is 0 Å². The van der Waals surface area contributed by atoms with Crippen LogP contribution in [-0.2, 0) is 0 Å². The van der Waals surface area contributed by atoms with Crippen LogP contribution in [0.25, 0.3) is 0 Å². The highest BCUT2D eigenvalue weighted by molar-refractivity contribution is 6.17. The Morgan fingerprint density at radius 2 is 1.44 bits per heavy atom. The average molecular weight is 151 g/mol. The predicted molar refractivity (Wildman–Crippen MR) is 46.2 cm³/mol. The minimum atomic E-state index is 0.827. The summed E-state index contributed by atoms with van der Waals surface area (Å²) in [5.74, 6) is 0.827. The van der Waals surface area contributed by atoms with Crippen molar-refractivity contribution >= 4 is 11.6 Å². The van der Waals surface area contributed by atoms with Crippen LogP contribution in [0.1, 0.15) is 46.5 Å². The van der Waals surface area contributed by atoms with Gasteiger partial charge in [-0.1, -0.05) is 40.0 Å². The molecule has 0 bridgehead atoms. The molecule has 0 heterocycles. The third-order valence-corrected chi connectivity index (χ3v) is 1.00. The molecule has 0 unspecified atom stereocenters. The minimum absolute atomic E-state index is 0.827. The fraction of sp³-hybridized carbons (Fsp3) is 1.00.